The van der Waals surface area contributed by atoms with Gasteiger partial charge in [-0.1, -0.05) is 37.3 Å². The summed E-state index contributed by atoms with van der Waals surface area (Å²) in [7, 11) is 1.60. The van der Waals surface area contributed by atoms with Crippen LogP contribution in [0.25, 0.3) is 6.08 Å². The van der Waals surface area contributed by atoms with Crippen LogP contribution in [0.1, 0.15) is 50.6 Å². The average Bonchev–Trinajstić information content (AvgIpc) is 3.47. The van der Waals surface area contributed by atoms with Gasteiger partial charge >= 0.3 is 5.97 Å². The van der Waals surface area contributed by atoms with Crippen molar-refractivity contribution in [3.63, 3.8) is 0 Å². The van der Waals surface area contributed by atoms with Crippen molar-refractivity contribution >= 4 is 34.7 Å². The maximum atomic E-state index is 13.6. The molecule has 0 amide bonds. The summed E-state index contributed by atoms with van der Waals surface area (Å²) in [6, 6.07) is 8.87. The quantitative estimate of drug-likeness (QED) is 0.389. The standard InChI is InChI=1S/C27H30N2O5S2/c1-6-33-26(31)23-17(4)28-27-29(24(23)21-8-7-13-35-21)25(30)22(36-27)15-18-9-10-19(20(14-18)32-5)34-12-11-16(2)3/h7-10,13-16,24H,6,11-12H2,1-5H3/b22-15-/t24-/m0/s1. The third-order valence-corrected chi connectivity index (χ3v) is 7.68. The first-order chi connectivity index (χ1) is 17.3. The minimum Gasteiger partial charge on any atom is -0.493 e. The Morgan fingerprint density at radius 3 is 2.72 bits per heavy atom. The number of fused-ring (bicyclic) bond motifs is 1. The second-order valence-electron chi connectivity index (χ2n) is 8.76. The molecule has 1 atom stereocenters. The van der Waals surface area contributed by atoms with Gasteiger partial charge in [0.2, 0.25) is 0 Å². The largest absolute Gasteiger partial charge is 0.493 e. The van der Waals surface area contributed by atoms with Crippen LogP contribution < -0.4 is 24.4 Å². The summed E-state index contributed by atoms with van der Waals surface area (Å²) in [4.78, 5) is 32.5. The molecule has 1 aliphatic rings. The van der Waals surface area contributed by atoms with E-state index < -0.39 is 12.0 Å². The highest BCUT2D eigenvalue weighted by Crippen LogP contribution is 2.33. The Balaban J connectivity index is 1.77. The van der Waals surface area contributed by atoms with Crippen LogP contribution in [0.3, 0.4) is 0 Å². The van der Waals surface area contributed by atoms with Crippen LogP contribution in [-0.2, 0) is 9.53 Å². The zero-order valence-electron chi connectivity index (χ0n) is 21.1. The zero-order valence-corrected chi connectivity index (χ0v) is 22.7. The van der Waals surface area contributed by atoms with E-state index in [0.29, 0.717) is 44.6 Å². The highest BCUT2D eigenvalue weighted by atomic mass is 32.1. The van der Waals surface area contributed by atoms with Crippen molar-refractivity contribution in [3.8, 4) is 11.5 Å². The highest BCUT2D eigenvalue weighted by Gasteiger charge is 2.33. The molecule has 0 unspecified atom stereocenters. The van der Waals surface area contributed by atoms with Gasteiger partial charge in [-0.3, -0.25) is 9.36 Å². The fourth-order valence-electron chi connectivity index (χ4n) is 3.96. The Morgan fingerprint density at radius 1 is 1.25 bits per heavy atom. The van der Waals surface area contributed by atoms with E-state index in [4.69, 9.17) is 14.2 Å². The van der Waals surface area contributed by atoms with Crippen molar-refractivity contribution in [2.75, 3.05) is 20.3 Å². The van der Waals surface area contributed by atoms with Crippen LogP contribution >= 0.6 is 22.7 Å². The number of aromatic nitrogens is 1. The normalized spacial score (nSPS) is 15.6. The van der Waals surface area contributed by atoms with E-state index in [2.05, 4.69) is 18.8 Å². The Labute approximate surface area is 218 Å². The van der Waals surface area contributed by atoms with E-state index in [1.54, 1.807) is 25.5 Å². The van der Waals surface area contributed by atoms with E-state index in [9.17, 15) is 9.59 Å². The number of esters is 1. The second-order valence-corrected chi connectivity index (χ2v) is 10.7. The number of allylic oxidation sites excluding steroid dienone is 1. The summed E-state index contributed by atoms with van der Waals surface area (Å²) >= 11 is 2.79. The first kappa shape index (κ1) is 25.9. The van der Waals surface area contributed by atoms with Crippen molar-refractivity contribution in [1.29, 1.82) is 0 Å². The number of carbonyl (C=O) groups excluding carboxylic acids is 1. The molecule has 3 heterocycles. The summed E-state index contributed by atoms with van der Waals surface area (Å²) in [5, 5.41) is 1.93. The molecule has 4 rings (SSSR count). The van der Waals surface area contributed by atoms with Crippen molar-refractivity contribution in [1.82, 2.24) is 4.57 Å². The molecule has 1 aliphatic heterocycles. The minimum atomic E-state index is -0.575. The molecule has 0 radical (unpaired) electrons. The number of hydrogen-bond donors (Lipinski definition) is 0. The molecule has 0 bridgehead atoms. The van der Waals surface area contributed by atoms with Crippen LogP contribution in [-0.4, -0.2) is 30.9 Å². The number of hydrogen-bond acceptors (Lipinski definition) is 8. The van der Waals surface area contributed by atoms with E-state index in [1.165, 1.54) is 22.7 Å². The smallest absolute Gasteiger partial charge is 0.338 e. The number of nitrogens with zero attached hydrogens (tertiary/aromatic N) is 2. The van der Waals surface area contributed by atoms with E-state index in [1.807, 2.05) is 41.8 Å². The van der Waals surface area contributed by atoms with Gasteiger partial charge < -0.3 is 14.2 Å². The number of thiophene rings is 1. The predicted octanol–water partition coefficient (Wildman–Crippen LogP) is 4.29. The molecular weight excluding hydrogens is 496 g/mol. The molecule has 0 N–H and O–H groups in total. The molecule has 0 aliphatic carbocycles. The third-order valence-electron chi connectivity index (χ3n) is 5.77. The lowest BCUT2D eigenvalue weighted by molar-refractivity contribution is -0.139. The van der Waals surface area contributed by atoms with E-state index in [-0.39, 0.29) is 12.2 Å². The summed E-state index contributed by atoms with van der Waals surface area (Å²) in [5.41, 5.74) is 1.55. The number of carbonyl (C=O) groups is 1. The van der Waals surface area contributed by atoms with Crippen LogP contribution in [0.15, 0.2) is 56.8 Å². The van der Waals surface area contributed by atoms with Crippen molar-refractivity contribution in [2.24, 2.45) is 10.9 Å². The summed E-state index contributed by atoms with van der Waals surface area (Å²) in [6.07, 6.45) is 2.77. The van der Waals surface area contributed by atoms with Gasteiger partial charge in [0, 0.05) is 4.88 Å². The molecule has 0 saturated heterocycles. The lowest BCUT2D eigenvalue weighted by Crippen LogP contribution is -2.39. The van der Waals surface area contributed by atoms with Crippen LogP contribution in [0, 0.1) is 5.92 Å². The fraction of sp³-hybridized carbons (Fsp3) is 0.370. The molecule has 0 saturated carbocycles. The van der Waals surface area contributed by atoms with Gasteiger partial charge in [0.25, 0.3) is 5.56 Å². The van der Waals surface area contributed by atoms with Gasteiger partial charge in [-0.05, 0) is 61.4 Å². The third kappa shape index (κ3) is 5.32. The minimum absolute atomic E-state index is 0.206. The lowest BCUT2D eigenvalue weighted by Gasteiger charge is -2.23. The van der Waals surface area contributed by atoms with Crippen molar-refractivity contribution in [2.45, 2.75) is 40.2 Å². The Kier molecular flexibility index (Phi) is 8.11. The first-order valence-corrected chi connectivity index (χ1v) is 13.6. The first-order valence-electron chi connectivity index (χ1n) is 11.9. The van der Waals surface area contributed by atoms with Crippen molar-refractivity contribution in [3.05, 3.63) is 77.1 Å². The van der Waals surface area contributed by atoms with E-state index >= 15 is 0 Å². The van der Waals surface area contributed by atoms with Gasteiger partial charge in [-0.15, -0.1) is 11.3 Å². The van der Waals surface area contributed by atoms with Gasteiger partial charge in [-0.25, -0.2) is 9.79 Å². The lowest BCUT2D eigenvalue weighted by atomic mass is 10.0. The maximum absolute atomic E-state index is 13.6. The molecule has 9 heteroatoms. The number of rotatable bonds is 9. The maximum Gasteiger partial charge on any atom is 0.338 e. The summed E-state index contributed by atoms with van der Waals surface area (Å²) in [5.74, 6) is 1.37. The number of methoxy groups -OCH3 is 1. The molecule has 190 valence electrons. The molecule has 36 heavy (non-hydrogen) atoms. The van der Waals surface area contributed by atoms with Gasteiger partial charge in [0.05, 0.1) is 36.1 Å². The summed E-state index contributed by atoms with van der Waals surface area (Å²) in [6.45, 7) is 8.71. The average molecular weight is 527 g/mol. The zero-order chi connectivity index (χ0) is 25.8. The number of ether oxygens (including phenoxy) is 3. The van der Waals surface area contributed by atoms with Gasteiger partial charge in [0.15, 0.2) is 16.3 Å². The number of benzene rings is 1. The molecule has 7 nitrogen and oxygen atoms in total. The predicted molar refractivity (Wildman–Crippen MR) is 143 cm³/mol. The second kappa shape index (κ2) is 11.3. The fourth-order valence-corrected chi connectivity index (χ4v) is 5.83. The molecule has 3 aromatic rings. The number of thiazole rings is 1. The van der Waals surface area contributed by atoms with Crippen molar-refractivity contribution < 1.29 is 19.0 Å². The topological polar surface area (TPSA) is 79.1 Å². The van der Waals surface area contributed by atoms with E-state index in [0.717, 1.165) is 16.9 Å². The van der Waals surface area contributed by atoms with Crippen LogP contribution in [0.5, 0.6) is 11.5 Å². The Bertz CT molecular complexity index is 1450. The summed E-state index contributed by atoms with van der Waals surface area (Å²) < 4.78 is 18.9. The molecule has 1 aromatic carbocycles. The molecule has 2 aromatic heterocycles. The van der Waals surface area contributed by atoms with Gasteiger partial charge in [0.1, 0.15) is 6.04 Å². The SMILES string of the molecule is CCOC(=O)C1=C(C)N=c2s/c(=C\c3ccc(OCCC(C)C)c(OC)c3)c(=O)n2[C@H]1c1cccs1. The Hall–Kier alpha value is -3.17. The molecule has 0 spiro atoms. The van der Waals surface area contributed by atoms with Crippen LogP contribution in [0.4, 0.5) is 0 Å². The monoisotopic (exact) mass is 526 g/mol. The molecule has 0 fully saturated rings. The van der Waals surface area contributed by atoms with Crippen LogP contribution in [0.2, 0.25) is 0 Å². The molecular formula is C27H30N2O5S2. The Morgan fingerprint density at radius 2 is 2.06 bits per heavy atom. The highest BCUT2D eigenvalue weighted by molar-refractivity contribution is 7.10. The van der Waals surface area contributed by atoms with Gasteiger partial charge in [-0.2, -0.15) is 0 Å².